The van der Waals surface area contributed by atoms with Gasteiger partial charge in [-0.1, -0.05) is 146 Å². The monoisotopic (exact) mass is 694 g/mol. The number of rotatable bonds is 2. The quantitative estimate of drug-likeness (QED) is 0.232. The number of hydrogen-bond donors (Lipinski definition) is 2. The number of allylic oxidation sites excluding steroid dienone is 11. The highest BCUT2D eigenvalue weighted by atomic mass is 15.2. The normalized spacial score (nSPS) is 25.7. The average molecular weight is 695 g/mol. The summed E-state index contributed by atoms with van der Waals surface area (Å²) in [6.45, 7) is 0. The third-order valence-corrected chi connectivity index (χ3v) is 13.1. The van der Waals surface area contributed by atoms with Gasteiger partial charge in [0.2, 0.25) is 0 Å². The third kappa shape index (κ3) is 4.03. The van der Waals surface area contributed by atoms with Crippen LogP contribution < -0.4 is 25.8 Å². The lowest BCUT2D eigenvalue weighted by molar-refractivity contribution is 0.647. The van der Waals surface area contributed by atoms with Crippen molar-refractivity contribution in [2.75, 3.05) is 4.90 Å². The molecule has 0 saturated heterocycles. The van der Waals surface area contributed by atoms with E-state index in [1.54, 1.807) is 0 Å². The summed E-state index contributed by atoms with van der Waals surface area (Å²) in [4.78, 5) is 2.45. The SMILES string of the molecule is N=C1C(=N)C(n2c3c(c4c2C2C=CC=CC2C=C4)C=C2C=CC=CC2C3)=c2ccccc2=C1N1c2c(ccc3c2C=CCC3)C2C=c3ccccc3=CC21. The minimum absolute atomic E-state index is 0.0126. The number of hydrogen-bond acceptors (Lipinski definition) is 3. The highest BCUT2D eigenvalue weighted by molar-refractivity contribution is 6.66. The van der Waals surface area contributed by atoms with E-state index in [4.69, 9.17) is 0 Å². The van der Waals surface area contributed by atoms with Gasteiger partial charge in [0.1, 0.15) is 11.4 Å². The Morgan fingerprint density at radius 1 is 0.648 bits per heavy atom. The van der Waals surface area contributed by atoms with E-state index >= 15 is 0 Å². The summed E-state index contributed by atoms with van der Waals surface area (Å²) in [6, 6.07) is 22.0. The number of nitrogens with one attached hydrogen (secondary N) is 2. The number of fused-ring (bicyclic) bond motifs is 13. The molecule has 7 aliphatic carbocycles. The highest BCUT2D eigenvalue weighted by Gasteiger charge is 2.44. The Balaban J connectivity index is 1.18. The number of benzene rings is 3. The van der Waals surface area contributed by atoms with Gasteiger partial charge in [-0.3, -0.25) is 10.8 Å². The van der Waals surface area contributed by atoms with E-state index in [2.05, 4.69) is 161 Å². The number of nitrogens with zero attached hydrogens (tertiary/aromatic N) is 2. The molecule has 0 saturated carbocycles. The summed E-state index contributed by atoms with van der Waals surface area (Å²) in [7, 11) is 0. The van der Waals surface area contributed by atoms with E-state index in [0.717, 1.165) is 41.1 Å². The molecule has 5 atom stereocenters. The average Bonchev–Trinajstić information content (AvgIpc) is 3.71. The van der Waals surface area contributed by atoms with Gasteiger partial charge in [0, 0.05) is 62.2 Å². The second kappa shape index (κ2) is 11.1. The molecule has 258 valence electrons. The van der Waals surface area contributed by atoms with Crippen LogP contribution in [0.5, 0.6) is 0 Å². The molecule has 8 aliphatic rings. The van der Waals surface area contributed by atoms with Crippen LogP contribution in [-0.4, -0.2) is 22.0 Å². The van der Waals surface area contributed by atoms with Gasteiger partial charge >= 0.3 is 0 Å². The number of anilines is 1. The molecular formula is C50H38N4. The molecule has 5 unspecified atom stereocenters. The first kappa shape index (κ1) is 30.2. The Morgan fingerprint density at radius 2 is 1.43 bits per heavy atom. The van der Waals surface area contributed by atoms with Gasteiger partial charge in [-0.15, -0.1) is 0 Å². The van der Waals surface area contributed by atoms with Gasteiger partial charge in [-0.2, -0.15) is 0 Å². The van der Waals surface area contributed by atoms with Crippen molar-refractivity contribution >= 4 is 58.9 Å². The van der Waals surface area contributed by atoms with Crippen molar-refractivity contribution in [2.45, 2.75) is 37.1 Å². The maximum Gasteiger partial charge on any atom is 0.106 e. The van der Waals surface area contributed by atoms with Gasteiger partial charge in [-0.05, 0) is 52.5 Å². The zero-order valence-electron chi connectivity index (χ0n) is 29.8. The van der Waals surface area contributed by atoms with Crippen molar-refractivity contribution in [1.29, 1.82) is 10.8 Å². The first-order valence-electron chi connectivity index (χ1n) is 19.4. The highest BCUT2D eigenvalue weighted by Crippen LogP contribution is 2.51. The lowest BCUT2D eigenvalue weighted by Gasteiger charge is -2.35. The van der Waals surface area contributed by atoms with E-state index in [1.807, 2.05) is 0 Å². The fraction of sp³-hybridized carbons (Fsp3) is 0.160. The Morgan fingerprint density at radius 3 is 2.31 bits per heavy atom. The molecule has 2 heterocycles. The predicted molar refractivity (Wildman–Crippen MR) is 222 cm³/mol. The van der Waals surface area contributed by atoms with Gasteiger partial charge in [0.25, 0.3) is 0 Å². The molecule has 1 aliphatic heterocycles. The van der Waals surface area contributed by atoms with Crippen molar-refractivity contribution < 1.29 is 0 Å². The van der Waals surface area contributed by atoms with Gasteiger partial charge < -0.3 is 9.47 Å². The van der Waals surface area contributed by atoms with Crippen molar-refractivity contribution in [2.24, 2.45) is 11.8 Å². The molecule has 1 aromatic heterocycles. The first-order chi connectivity index (χ1) is 26.6. The minimum Gasteiger partial charge on any atom is -0.330 e. The van der Waals surface area contributed by atoms with Crippen molar-refractivity contribution in [3.8, 4) is 0 Å². The Labute approximate surface area is 314 Å². The van der Waals surface area contributed by atoms with Crippen LogP contribution in [0.4, 0.5) is 5.69 Å². The molecule has 4 heteroatoms. The fourth-order valence-corrected chi connectivity index (χ4v) is 10.7. The summed E-state index contributed by atoms with van der Waals surface area (Å²) >= 11 is 0. The van der Waals surface area contributed by atoms with E-state index in [9.17, 15) is 10.8 Å². The summed E-state index contributed by atoms with van der Waals surface area (Å²) < 4.78 is 2.43. The molecule has 2 N–H and O–H groups in total. The Hall–Kier alpha value is -6.26. The van der Waals surface area contributed by atoms with E-state index in [0.29, 0.717) is 0 Å². The smallest absolute Gasteiger partial charge is 0.106 e. The van der Waals surface area contributed by atoms with E-state index in [-0.39, 0.29) is 41.1 Å². The lowest BCUT2D eigenvalue weighted by Crippen LogP contribution is -2.50. The van der Waals surface area contributed by atoms with Gasteiger partial charge in [0.15, 0.2) is 0 Å². The molecule has 0 fully saturated rings. The van der Waals surface area contributed by atoms with E-state index in [1.165, 1.54) is 60.9 Å². The largest absolute Gasteiger partial charge is 0.330 e. The van der Waals surface area contributed by atoms with Gasteiger partial charge in [-0.25, -0.2) is 0 Å². The van der Waals surface area contributed by atoms with Gasteiger partial charge in [0.05, 0.1) is 23.1 Å². The molecular weight excluding hydrogens is 657 g/mol. The van der Waals surface area contributed by atoms with Crippen LogP contribution in [0.3, 0.4) is 0 Å². The lowest BCUT2D eigenvalue weighted by atomic mass is 9.78. The van der Waals surface area contributed by atoms with Crippen molar-refractivity contribution in [3.05, 3.63) is 187 Å². The molecule has 3 aromatic carbocycles. The zero-order valence-corrected chi connectivity index (χ0v) is 29.8. The fourth-order valence-electron chi connectivity index (χ4n) is 10.7. The molecule has 0 spiro atoms. The number of aromatic nitrogens is 1. The predicted octanol–water partition coefficient (Wildman–Crippen LogP) is 7.05. The number of aryl methyl sites for hydroxylation is 1. The van der Waals surface area contributed by atoms with Crippen LogP contribution in [0.15, 0.2) is 127 Å². The maximum atomic E-state index is 10.2. The molecule has 54 heavy (non-hydrogen) atoms. The van der Waals surface area contributed by atoms with E-state index < -0.39 is 0 Å². The first-order valence-corrected chi connectivity index (χ1v) is 19.4. The Kier molecular flexibility index (Phi) is 6.23. The van der Waals surface area contributed by atoms with Crippen LogP contribution in [0.2, 0.25) is 0 Å². The second-order valence-electron chi connectivity index (χ2n) is 15.8. The van der Waals surface area contributed by atoms with Crippen LogP contribution >= 0.6 is 0 Å². The van der Waals surface area contributed by atoms with Crippen LogP contribution in [-0.2, 0) is 12.8 Å². The van der Waals surface area contributed by atoms with Crippen molar-refractivity contribution in [1.82, 2.24) is 4.57 Å². The minimum atomic E-state index is -0.0126. The maximum absolute atomic E-state index is 10.2. The van der Waals surface area contributed by atoms with Crippen molar-refractivity contribution in [3.63, 3.8) is 0 Å². The summed E-state index contributed by atoms with van der Waals surface area (Å²) in [5, 5.41) is 24.9. The summed E-state index contributed by atoms with van der Waals surface area (Å²) in [5.41, 5.74) is 13.7. The molecule has 0 amide bonds. The summed E-state index contributed by atoms with van der Waals surface area (Å²) in [6.07, 6.45) is 37.3. The van der Waals surface area contributed by atoms with Crippen LogP contribution in [0, 0.1) is 22.7 Å². The molecule has 4 nitrogen and oxygen atoms in total. The van der Waals surface area contributed by atoms with Crippen LogP contribution in [0.1, 0.15) is 57.5 Å². The topological polar surface area (TPSA) is 55.9 Å². The van der Waals surface area contributed by atoms with Crippen LogP contribution in [0.25, 0.3) is 41.8 Å². The zero-order chi connectivity index (χ0) is 35.7. The standard InChI is InChI=1S/C50H38N4/c51-45-46(52)50(54-44-28-34-16-4-2-14-32(34)26-42(44)40-24-22-30-12-6-8-18-36(30)48(40)54)38-20-10-9-19-37(38)49(45)53-43-27-33-15-3-1-13-31(33)25-41(43)39-23-21-29-11-5-7-17-35(29)47(39)53/h1-5,7-11,13-26,28-29,33,35,42,44,51-52H,6,12,27H2. The third-order valence-electron chi connectivity index (χ3n) is 13.1. The molecule has 0 bridgehead atoms. The Bertz CT molecular complexity index is 2930. The molecule has 4 aromatic rings. The second-order valence-corrected chi connectivity index (χ2v) is 15.8. The molecule has 12 rings (SSSR count). The summed E-state index contributed by atoms with van der Waals surface area (Å²) in [5.74, 6) is 0.823. The molecule has 0 radical (unpaired) electrons.